The summed E-state index contributed by atoms with van der Waals surface area (Å²) in [7, 11) is 0. The number of hydrogen-bond donors (Lipinski definition) is 1. The van der Waals surface area contributed by atoms with Crippen molar-refractivity contribution in [2.45, 2.75) is 18.5 Å². The summed E-state index contributed by atoms with van der Waals surface area (Å²) in [5, 5.41) is 16.6. The van der Waals surface area contributed by atoms with Crippen molar-refractivity contribution in [3.63, 3.8) is 0 Å². The lowest BCUT2D eigenvalue weighted by molar-refractivity contribution is 0.101. The minimum atomic E-state index is -1.94. The Morgan fingerprint density at radius 1 is 1.78 bits per heavy atom. The molecule has 1 N–H and O–H groups in total. The van der Waals surface area contributed by atoms with Crippen molar-refractivity contribution < 1.29 is 9.50 Å². The lowest BCUT2D eigenvalue weighted by atomic mass is 10.0. The molecule has 0 bridgehead atoms. The maximum Gasteiger partial charge on any atom is 0.221 e. The van der Waals surface area contributed by atoms with E-state index < -0.39 is 12.3 Å². The minimum Gasteiger partial charge on any atom is -0.392 e. The first-order valence-corrected chi connectivity index (χ1v) is 2.94. The zero-order valence-electron chi connectivity index (χ0n) is 4.97. The Labute approximate surface area is 52.9 Å². The van der Waals surface area contributed by atoms with Crippen molar-refractivity contribution in [2.24, 2.45) is 5.92 Å². The Morgan fingerprint density at radius 3 is 2.44 bits per heavy atom. The van der Waals surface area contributed by atoms with Gasteiger partial charge in [0, 0.05) is 5.92 Å². The highest BCUT2D eigenvalue weighted by Crippen LogP contribution is 2.41. The number of alkyl halides is 1. The van der Waals surface area contributed by atoms with Crippen molar-refractivity contribution in [2.75, 3.05) is 6.61 Å². The molecule has 1 unspecified atom stereocenters. The Morgan fingerprint density at radius 2 is 2.33 bits per heavy atom. The Hall–Kier alpha value is -0.620. The van der Waals surface area contributed by atoms with Gasteiger partial charge in [-0.05, 0) is 12.8 Å². The van der Waals surface area contributed by atoms with E-state index in [1.165, 1.54) is 6.07 Å². The number of rotatable bonds is 2. The highest BCUT2D eigenvalue weighted by Gasteiger charge is 2.45. The summed E-state index contributed by atoms with van der Waals surface area (Å²) in [6, 6.07) is 1.47. The van der Waals surface area contributed by atoms with Gasteiger partial charge in [0.1, 0.15) is 6.07 Å². The van der Waals surface area contributed by atoms with Crippen LogP contribution in [0.2, 0.25) is 0 Å². The normalized spacial score (nSPS) is 24.6. The maximum atomic E-state index is 12.8. The van der Waals surface area contributed by atoms with Gasteiger partial charge in [0.25, 0.3) is 0 Å². The molecule has 0 aromatic rings. The molecule has 1 aliphatic rings. The zero-order valence-corrected chi connectivity index (χ0v) is 4.97. The molecule has 0 aromatic carbocycles. The minimum absolute atomic E-state index is 0.201. The fourth-order valence-corrected chi connectivity index (χ4v) is 0.797. The molecule has 9 heavy (non-hydrogen) atoms. The number of nitrogens with zero attached hydrogens (tertiary/aromatic N) is 1. The molecule has 1 aliphatic carbocycles. The number of aliphatic hydroxyl groups is 1. The third kappa shape index (κ3) is 1.03. The summed E-state index contributed by atoms with van der Waals surface area (Å²) in [6.45, 7) is -0.659. The van der Waals surface area contributed by atoms with E-state index in [4.69, 9.17) is 10.4 Å². The Bertz CT molecular complexity index is 150. The van der Waals surface area contributed by atoms with Crippen LogP contribution in [0, 0.1) is 17.2 Å². The second kappa shape index (κ2) is 1.96. The van der Waals surface area contributed by atoms with Crippen LogP contribution in [0.3, 0.4) is 0 Å². The van der Waals surface area contributed by atoms with Crippen molar-refractivity contribution >= 4 is 0 Å². The number of nitriles is 1. The van der Waals surface area contributed by atoms with Crippen LogP contribution in [-0.4, -0.2) is 17.4 Å². The third-order valence-electron chi connectivity index (χ3n) is 1.64. The molecule has 1 fully saturated rings. The van der Waals surface area contributed by atoms with Gasteiger partial charge >= 0.3 is 0 Å². The second-order valence-electron chi connectivity index (χ2n) is 2.41. The predicted octanol–water partition coefficient (Wildman–Crippen LogP) is 0.621. The van der Waals surface area contributed by atoms with Gasteiger partial charge in [-0.2, -0.15) is 5.26 Å². The number of hydrogen-bond acceptors (Lipinski definition) is 2. The van der Waals surface area contributed by atoms with Crippen LogP contribution >= 0.6 is 0 Å². The zero-order chi connectivity index (χ0) is 6.91. The molecule has 3 heteroatoms. The molecule has 50 valence electrons. The molecule has 0 amide bonds. The molecule has 0 radical (unpaired) electrons. The van der Waals surface area contributed by atoms with E-state index in [2.05, 4.69) is 0 Å². The first kappa shape index (κ1) is 6.50. The fourth-order valence-electron chi connectivity index (χ4n) is 0.797. The molecule has 0 heterocycles. The molecule has 1 atom stereocenters. The highest BCUT2D eigenvalue weighted by molar-refractivity contribution is 5.09. The van der Waals surface area contributed by atoms with E-state index in [0.717, 1.165) is 12.8 Å². The molecule has 0 aliphatic heterocycles. The van der Waals surface area contributed by atoms with E-state index in [9.17, 15) is 4.39 Å². The summed E-state index contributed by atoms with van der Waals surface area (Å²) in [5.41, 5.74) is -1.94. The maximum absolute atomic E-state index is 12.8. The molecular weight excluding hydrogens is 121 g/mol. The lowest BCUT2D eigenvalue weighted by Gasteiger charge is -2.10. The van der Waals surface area contributed by atoms with Crippen LogP contribution in [-0.2, 0) is 0 Å². The van der Waals surface area contributed by atoms with E-state index in [1.54, 1.807) is 0 Å². The second-order valence-corrected chi connectivity index (χ2v) is 2.41. The van der Waals surface area contributed by atoms with Gasteiger partial charge in [0.05, 0.1) is 6.61 Å². The van der Waals surface area contributed by atoms with E-state index >= 15 is 0 Å². The predicted molar refractivity (Wildman–Crippen MR) is 29.3 cm³/mol. The molecule has 1 saturated carbocycles. The Balaban J connectivity index is 2.56. The fraction of sp³-hybridized carbons (Fsp3) is 0.833. The van der Waals surface area contributed by atoms with Gasteiger partial charge in [0.15, 0.2) is 0 Å². The smallest absolute Gasteiger partial charge is 0.221 e. The first-order chi connectivity index (χ1) is 4.23. The van der Waals surface area contributed by atoms with Gasteiger partial charge in [-0.25, -0.2) is 4.39 Å². The van der Waals surface area contributed by atoms with Crippen LogP contribution in [0.1, 0.15) is 12.8 Å². The van der Waals surface area contributed by atoms with Crippen LogP contribution in [0.5, 0.6) is 0 Å². The van der Waals surface area contributed by atoms with E-state index in [1.807, 2.05) is 0 Å². The average molecular weight is 129 g/mol. The van der Waals surface area contributed by atoms with Gasteiger partial charge in [0.2, 0.25) is 5.67 Å². The SMILES string of the molecule is N#CC(F)(CO)C1CC1. The molecule has 1 rings (SSSR count). The molecule has 2 nitrogen and oxygen atoms in total. The van der Waals surface area contributed by atoms with Gasteiger partial charge in [-0.3, -0.25) is 0 Å². The van der Waals surface area contributed by atoms with Gasteiger partial charge in [-0.15, -0.1) is 0 Å². The lowest BCUT2D eigenvalue weighted by Crippen LogP contribution is -2.27. The van der Waals surface area contributed by atoms with Crippen LogP contribution in [0.4, 0.5) is 4.39 Å². The first-order valence-electron chi connectivity index (χ1n) is 2.94. The molecule has 0 saturated heterocycles. The van der Waals surface area contributed by atoms with E-state index in [0.29, 0.717) is 0 Å². The highest BCUT2D eigenvalue weighted by atomic mass is 19.1. The van der Waals surface area contributed by atoms with Crippen molar-refractivity contribution in [3.8, 4) is 6.07 Å². The standard InChI is InChI=1S/C6H8FNO/c7-6(3-8,4-9)5-1-2-5/h5,9H,1-2,4H2. The van der Waals surface area contributed by atoms with Crippen LogP contribution in [0.25, 0.3) is 0 Å². The molecule has 0 spiro atoms. The van der Waals surface area contributed by atoms with Crippen LogP contribution < -0.4 is 0 Å². The summed E-state index contributed by atoms with van der Waals surface area (Å²) in [5.74, 6) is -0.201. The Kier molecular flexibility index (Phi) is 1.42. The van der Waals surface area contributed by atoms with E-state index in [-0.39, 0.29) is 5.92 Å². The summed E-state index contributed by atoms with van der Waals surface area (Å²) in [6.07, 6.45) is 1.48. The number of halogens is 1. The summed E-state index contributed by atoms with van der Waals surface area (Å²) < 4.78 is 12.8. The monoisotopic (exact) mass is 129 g/mol. The summed E-state index contributed by atoms with van der Waals surface area (Å²) >= 11 is 0. The summed E-state index contributed by atoms with van der Waals surface area (Å²) in [4.78, 5) is 0. The van der Waals surface area contributed by atoms with Crippen LogP contribution in [0.15, 0.2) is 0 Å². The number of aliphatic hydroxyl groups excluding tert-OH is 1. The molecule has 0 aromatic heterocycles. The molecular formula is C6H8FNO. The quantitative estimate of drug-likeness (QED) is 0.594. The third-order valence-corrected chi connectivity index (χ3v) is 1.64. The van der Waals surface area contributed by atoms with Crippen molar-refractivity contribution in [1.29, 1.82) is 5.26 Å². The van der Waals surface area contributed by atoms with Crippen molar-refractivity contribution in [3.05, 3.63) is 0 Å². The van der Waals surface area contributed by atoms with Gasteiger partial charge < -0.3 is 5.11 Å². The largest absolute Gasteiger partial charge is 0.392 e. The van der Waals surface area contributed by atoms with Gasteiger partial charge in [-0.1, -0.05) is 0 Å². The average Bonchev–Trinajstić information content (AvgIpc) is 2.68. The van der Waals surface area contributed by atoms with Crippen molar-refractivity contribution in [1.82, 2.24) is 0 Å². The topological polar surface area (TPSA) is 44.0 Å².